The highest BCUT2D eigenvalue weighted by Gasteiger charge is 2.34. The number of fused-ring (bicyclic) bond motifs is 1. The number of amides is 2. The van der Waals surface area contributed by atoms with Gasteiger partial charge in [-0.15, -0.1) is 0 Å². The van der Waals surface area contributed by atoms with E-state index >= 15 is 0 Å². The zero-order valence-electron chi connectivity index (χ0n) is 23.1. The molecule has 210 valence electrons. The van der Waals surface area contributed by atoms with E-state index in [4.69, 9.17) is 21.9 Å². The molecule has 11 heteroatoms. The summed E-state index contributed by atoms with van der Waals surface area (Å²) in [5.41, 5.74) is 1.54. The van der Waals surface area contributed by atoms with Crippen molar-refractivity contribution in [2.75, 3.05) is 44.2 Å². The number of thioether (sulfide) groups is 1. The topological polar surface area (TPSA) is 87.5 Å². The van der Waals surface area contributed by atoms with Gasteiger partial charge in [0.2, 0.25) is 0 Å². The van der Waals surface area contributed by atoms with Gasteiger partial charge in [-0.25, -0.2) is 9.78 Å². The summed E-state index contributed by atoms with van der Waals surface area (Å²) < 4.78 is 7.20. The van der Waals surface area contributed by atoms with E-state index in [1.807, 2.05) is 24.0 Å². The summed E-state index contributed by atoms with van der Waals surface area (Å²) in [7, 11) is 0. The third-order valence-electron chi connectivity index (χ3n) is 7.30. The van der Waals surface area contributed by atoms with Crippen LogP contribution in [-0.4, -0.2) is 74.8 Å². The number of rotatable bonds is 9. The lowest BCUT2D eigenvalue weighted by atomic mass is 9.99. The van der Waals surface area contributed by atoms with E-state index in [1.54, 1.807) is 29.0 Å². The number of thiocarbonyl (C=S) groups is 1. The Labute approximate surface area is 239 Å². The molecule has 2 aliphatic rings. The van der Waals surface area contributed by atoms with Gasteiger partial charge < -0.3 is 14.5 Å². The average Bonchev–Trinajstić information content (AvgIpc) is 3.20. The fraction of sp³-hybridized carbons (Fsp3) is 0.536. The van der Waals surface area contributed by atoms with Crippen LogP contribution in [0.1, 0.15) is 57.6 Å². The number of ether oxygens (including phenoxy) is 1. The molecule has 0 N–H and O–H groups in total. The molecule has 2 amide bonds. The molecule has 2 aromatic rings. The van der Waals surface area contributed by atoms with Gasteiger partial charge in [-0.2, -0.15) is 0 Å². The molecule has 0 saturated carbocycles. The van der Waals surface area contributed by atoms with Crippen LogP contribution in [0.25, 0.3) is 11.7 Å². The van der Waals surface area contributed by atoms with Crippen LogP contribution in [0.2, 0.25) is 0 Å². The predicted octanol–water partition coefficient (Wildman–Crippen LogP) is 4.70. The second-order valence-electron chi connectivity index (χ2n) is 9.92. The molecule has 39 heavy (non-hydrogen) atoms. The van der Waals surface area contributed by atoms with Gasteiger partial charge in [-0.1, -0.05) is 63.2 Å². The van der Waals surface area contributed by atoms with E-state index in [0.29, 0.717) is 71.5 Å². The standard InChI is InChI=1S/C28H37N5O4S2/c1-5-8-11-20(6-2)18-33-26(35)22(39-28(33)38)17-21-24(29-23-19(4)10-9-12-32(23)25(21)34)30-13-15-31(16-14-30)27(36)37-7-3/h9-10,12,17,20H,5-8,11,13-16,18H2,1-4H3/b22-17+. The van der Waals surface area contributed by atoms with Crippen molar-refractivity contribution in [3.8, 4) is 0 Å². The number of piperazine rings is 1. The van der Waals surface area contributed by atoms with Crippen LogP contribution in [0.5, 0.6) is 0 Å². The van der Waals surface area contributed by atoms with E-state index in [0.717, 1.165) is 31.2 Å². The molecule has 0 aliphatic carbocycles. The van der Waals surface area contributed by atoms with E-state index < -0.39 is 0 Å². The molecular formula is C28H37N5O4S2. The number of hydrogen-bond acceptors (Lipinski definition) is 8. The highest BCUT2D eigenvalue weighted by Crippen LogP contribution is 2.35. The maximum Gasteiger partial charge on any atom is 0.409 e. The first-order valence-electron chi connectivity index (χ1n) is 13.7. The zero-order chi connectivity index (χ0) is 28.1. The van der Waals surface area contributed by atoms with E-state index in [2.05, 4.69) is 13.8 Å². The monoisotopic (exact) mass is 571 g/mol. The number of aryl methyl sites for hydroxylation is 1. The Hall–Kier alpha value is -2.92. The molecule has 2 saturated heterocycles. The van der Waals surface area contributed by atoms with E-state index in [1.165, 1.54) is 16.2 Å². The Kier molecular flexibility index (Phi) is 9.66. The first kappa shape index (κ1) is 29.1. The van der Waals surface area contributed by atoms with Gasteiger partial charge in [0.25, 0.3) is 11.5 Å². The number of pyridine rings is 1. The lowest BCUT2D eigenvalue weighted by Crippen LogP contribution is -2.49. The van der Waals surface area contributed by atoms with Crippen LogP contribution in [0.3, 0.4) is 0 Å². The largest absolute Gasteiger partial charge is 0.450 e. The van der Waals surface area contributed by atoms with E-state index in [9.17, 15) is 14.4 Å². The summed E-state index contributed by atoms with van der Waals surface area (Å²) in [5.74, 6) is 0.734. The summed E-state index contributed by atoms with van der Waals surface area (Å²) in [4.78, 5) is 50.2. The lowest BCUT2D eigenvalue weighted by molar-refractivity contribution is -0.122. The smallest absolute Gasteiger partial charge is 0.409 e. The minimum Gasteiger partial charge on any atom is -0.450 e. The molecule has 2 fully saturated rings. The summed E-state index contributed by atoms with van der Waals surface area (Å²) >= 11 is 6.84. The van der Waals surface area contributed by atoms with Gasteiger partial charge in [-0.3, -0.25) is 18.9 Å². The summed E-state index contributed by atoms with van der Waals surface area (Å²) in [6.07, 6.45) is 7.28. The van der Waals surface area contributed by atoms with Crippen LogP contribution >= 0.6 is 24.0 Å². The number of nitrogens with zero attached hydrogens (tertiary/aromatic N) is 5. The fourth-order valence-corrected chi connectivity index (χ4v) is 6.20. The number of hydrogen-bond donors (Lipinski definition) is 0. The molecule has 0 spiro atoms. The lowest BCUT2D eigenvalue weighted by Gasteiger charge is -2.35. The van der Waals surface area contributed by atoms with Gasteiger partial charge in [0.1, 0.15) is 15.8 Å². The number of carbonyl (C=O) groups is 2. The van der Waals surface area contributed by atoms with Gasteiger partial charge in [0.15, 0.2) is 0 Å². The molecule has 9 nitrogen and oxygen atoms in total. The number of unbranched alkanes of at least 4 members (excludes halogenated alkanes) is 1. The predicted molar refractivity (Wildman–Crippen MR) is 160 cm³/mol. The summed E-state index contributed by atoms with van der Waals surface area (Å²) in [6.45, 7) is 10.8. The first-order chi connectivity index (χ1) is 18.8. The maximum atomic E-state index is 13.8. The van der Waals surface area contributed by atoms with Crippen LogP contribution in [0.4, 0.5) is 10.6 Å². The Bertz CT molecular complexity index is 1330. The van der Waals surface area contributed by atoms with Crippen LogP contribution in [0.15, 0.2) is 28.0 Å². The second kappa shape index (κ2) is 13.0. The van der Waals surface area contributed by atoms with Crippen molar-refractivity contribution < 1.29 is 14.3 Å². The SMILES string of the molecule is CCCCC(CC)CN1C(=O)/C(=C\c2c(N3CCN(C(=O)OCC)CC3)nc3c(C)cccn3c2=O)SC1=S. The molecular weight excluding hydrogens is 534 g/mol. The third kappa shape index (κ3) is 6.30. The summed E-state index contributed by atoms with van der Waals surface area (Å²) in [6, 6.07) is 3.73. The Balaban J connectivity index is 1.69. The van der Waals surface area contributed by atoms with Gasteiger partial charge >= 0.3 is 6.09 Å². The molecule has 4 rings (SSSR count). The number of anilines is 1. The van der Waals surface area contributed by atoms with Crippen LogP contribution in [0, 0.1) is 12.8 Å². The quantitative estimate of drug-likeness (QED) is 0.316. The molecule has 0 bridgehead atoms. The highest BCUT2D eigenvalue weighted by molar-refractivity contribution is 8.26. The van der Waals surface area contributed by atoms with Crippen molar-refractivity contribution in [3.63, 3.8) is 0 Å². The van der Waals surface area contributed by atoms with Crippen LogP contribution in [-0.2, 0) is 9.53 Å². The second-order valence-corrected chi connectivity index (χ2v) is 11.6. The Morgan fingerprint density at radius 1 is 1.21 bits per heavy atom. The van der Waals surface area contributed by atoms with Crippen molar-refractivity contribution in [3.05, 3.63) is 44.7 Å². The Morgan fingerprint density at radius 3 is 2.62 bits per heavy atom. The molecule has 0 aromatic carbocycles. The number of aromatic nitrogens is 2. The summed E-state index contributed by atoms with van der Waals surface area (Å²) in [5, 5.41) is 0. The van der Waals surface area contributed by atoms with Crippen molar-refractivity contribution in [2.24, 2.45) is 5.92 Å². The fourth-order valence-electron chi connectivity index (χ4n) is 4.95. The van der Waals surface area contributed by atoms with Crippen molar-refractivity contribution in [2.45, 2.75) is 53.4 Å². The molecule has 4 heterocycles. The van der Waals surface area contributed by atoms with Crippen molar-refractivity contribution >= 4 is 57.8 Å². The maximum absolute atomic E-state index is 13.8. The van der Waals surface area contributed by atoms with Crippen LogP contribution < -0.4 is 10.5 Å². The average molecular weight is 572 g/mol. The molecule has 1 unspecified atom stereocenters. The molecule has 1 atom stereocenters. The van der Waals surface area contributed by atoms with Gasteiger partial charge in [0, 0.05) is 38.9 Å². The van der Waals surface area contributed by atoms with Gasteiger partial charge in [-0.05, 0) is 43.9 Å². The highest BCUT2D eigenvalue weighted by atomic mass is 32.2. The minimum atomic E-state index is -0.340. The molecule has 2 aromatic heterocycles. The number of carbonyl (C=O) groups excluding carboxylic acids is 2. The molecule has 0 radical (unpaired) electrons. The van der Waals surface area contributed by atoms with Gasteiger partial charge in [0.05, 0.1) is 17.1 Å². The third-order valence-corrected chi connectivity index (χ3v) is 8.68. The zero-order valence-corrected chi connectivity index (χ0v) is 24.8. The Morgan fingerprint density at radius 2 is 1.95 bits per heavy atom. The van der Waals surface area contributed by atoms with Crippen molar-refractivity contribution in [1.82, 2.24) is 19.2 Å². The normalized spacial score (nSPS) is 17.9. The van der Waals surface area contributed by atoms with Crippen molar-refractivity contribution in [1.29, 1.82) is 0 Å². The first-order valence-corrected chi connectivity index (χ1v) is 14.9. The molecule has 2 aliphatic heterocycles. The van der Waals surface area contributed by atoms with E-state index in [-0.39, 0.29) is 17.6 Å². The minimum absolute atomic E-state index is 0.160.